The van der Waals surface area contributed by atoms with Crippen molar-refractivity contribution in [2.45, 2.75) is 55.3 Å². The molecule has 14 heteroatoms. The molecule has 9 nitrogen and oxygen atoms in total. The normalized spacial score (nSPS) is 21.2. The Hall–Kier alpha value is -4.23. The van der Waals surface area contributed by atoms with Gasteiger partial charge in [0, 0.05) is 28.3 Å². The van der Waals surface area contributed by atoms with Crippen LogP contribution in [0.4, 0.5) is 17.6 Å². The van der Waals surface area contributed by atoms with E-state index in [4.69, 9.17) is 22.1 Å². The van der Waals surface area contributed by atoms with Gasteiger partial charge in [0.15, 0.2) is 23.1 Å². The first-order valence-corrected chi connectivity index (χ1v) is 14.6. The molecule has 2 saturated carbocycles. The van der Waals surface area contributed by atoms with Gasteiger partial charge in [-0.15, -0.1) is 0 Å². The minimum atomic E-state index is -2.51. The Bertz CT molecular complexity index is 1950. The van der Waals surface area contributed by atoms with Gasteiger partial charge in [-0.05, 0) is 62.9 Å². The topological polar surface area (TPSA) is 132 Å². The number of hydrogen-bond donors (Lipinski definition) is 3. The molecule has 0 spiro atoms. The van der Waals surface area contributed by atoms with Crippen molar-refractivity contribution in [1.82, 2.24) is 20.1 Å². The monoisotopic (exact) mass is 643 g/mol. The van der Waals surface area contributed by atoms with E-state index in [-0.39, 0.29) is 47.4 Å². The van der Waals surface area contributed by atoms with E-state index >= 15 is 8.78 Å². The Labute approximate surface area is 258 Å². The van der Waals surface area contributed by atoms with Gasteiger partial charge < -0.3 is 20.9 Å². The van der Waals surface area contributed by atoms with Crippen molar-refractivity contribution < 1.29 is 37.0 Å². The summed E-state index contributed by atoms with van der Waals surface area (Å²) in [7, 11) is 0. The SMILES string of the molecule is C[C@]1(C(N)=O)COc2c1cc(C(O)(CNC(=O)c1cc(Cl)c3nn(C4CC4)cc3c1)C1(F)CC1)nc2-c1ccc(F)c(F)c1F. The van der Waals surface area contributed by atoms with Crippen molar-refractivity contribution >= 4 is 34.3 Å². The summed E-state index contributed by atoms with van der Waals surface area (Å²) >= 11 is 6.42. The van der Waals surface area contributed by atoms with E-state index < -0.39 is 69.4 Å². The van der Waals surface area contributed by atoms with E-state index in [1.54, 1.807) is 16.9 Å². The van der Waals surface area contributed by atoms with E-state index in [2.05, 4.69) is 15.4 Å². The lowest BCUT2D eigenvalue weighted by Gasteiger charge is -2.33. The van der Waals surface area contributed by atoms with Gasteiger partial charge in [-0.25, -0.2) is 22.5 Å². The lowest BCUT2D eigenvalue weighted by Crippen LogP contribution is -2.49. The van der Waals surface area contributed by atoms with E-state index in [0.717, 1.165) is 18.9 Å². The summed E-state index contributed by atoms with van der Waals surface area (Å²) in [4.78, 5) is 30.2. The molecule has 1 aliphatic heterocycles. The molecule has 4 N–H and O–H groups in total. The first-order chi connectivity index (χ1) is 21.3. The van der Waals surface area contributed by atoms with Gasteiger partial charge in [0.25, 0.3) is 5.91 Å². The third kappa shape index (κ3) is 4.54. The minimum Gasteiger partial charge on any atom is -0.489 e. The van der Waals surface area contributed by atoms with Gasteiger partial charge in [0.2, 0.25) is 5.91 Å². The van der Waals surface area contributed by atoms with Crippen LogP contribution in [0.1, 0.15) is 60.3 Å². The number of pyridine rings is 1. The smallest absolute Gasteiger partial charge is 0.251 e. The molecule has 3 heterocycles. The van der Waals surface area contributed by atoms with Crippen LogP contribution in [0.5, 0.6) is 5.75 Å². The highest BCUT2D eigenvalue weighted by atomic mass is 35.5. The molecule has 7 rings (SSSR count). The standard InChI is InChI=1S/C31H26ClF4N5O4/c1-29(28(37)43)13-45-26-18(29)10-21(39-25(26)17-4-5-20(33)23(35)22(17)34)31(44,30(36)6-7-30)12-38-27(42)14-8-15-11-41(16-2-3-16)40-24(15)19(32)9-14/h4-5,8-11,16,44H,2-3,6-7,12-13H2,1H3,(H2,37,43)(H,38,42)/t29-,31?/m0/s1. The van der Waals surface area contributed by atoms with Crippen LogP contribution in [-0.2, 0) is 15.8 Å². The fourth-order valence-corrected chi connectivity index (χ4v) is 6.04. The number of fused-ring (bicyclic) bond motifs is 2. The van der Waals surface area contributed by atoms with E-state index in [1.165, 1.54) is 19.1 Å². The number of nitrogens with zero attached hydrogens (tertiary/aromatic N) is 3. The second-order valence-electron chi connectivity index (χ2n) is 12.2. The highest BCUT2D eigenvalue weighted by Gasteiger charge is 2.62. The molecule has 2 amide bonds. The van der Waals surface area contributed by atoms with Crippen LogP contribution in [0, 0.1) is 17.5 Å². The second kappa shape index (κ2) is 9.88. The fraction of sp³-hybridized carbons (Fsp3) is 0.355. The van der Waals surface area contributed by atoms with Crippen LogP contribution >= 0.6 is 11.6 Å². The number of halogens is 5. The van der Waals surface area contributed by atoms with Crippen LogP contribution in [-0.4, -0.2) is 50.5 Å². The predicted octanol–water partition coefficient (Wildman–Crippen LogP) is 4.76. The van der Waals surface area contributed by atoms with E-state index in [0.29, 0.717) is 17.0 Å². The number of aliphatic hydroxyl groups is 1. The average Bonchev–Trinajstić information content (AvgIpc) is 3.93. The molecule has 0 radical (unpaired) electrons. The van der Waals surface area contributed by atoms with Crippen LogP contribution in [0.25, 0.3) is 22.2 Å². The number of ether oxygens (including phenoxy) is 1. The van der Waals surface area contributed by atoms with Crippen molar-refractivity contribution in [1.29, 1.82) is 0 Å². The molecular formula is C31H26ClF4N5O4. The molecule has 2 aromatic heterocycles. The van der Waals surface area contributed by atoms with Gasteiger partial charge in [0.05, 0.1) is 23.3 Å². The third-order valence-corrected chi connectivity index (χ3v) is 9.32. The van der Waals surface area contributed by atoms with Gasteiger partial charge >= 0.3 is 0 Å². The van der Waals surface area contributed by atoms with Crippen molar-refractivity contribution in [3.8, 4) is 17.0 Å². The minimum absolute atomic E-state index is 0.0399. The molecule has 45 heavy (non-hydrogen) atoms. The number of alkyl halides is 1. The summed E-state index contributed by atoms with van der Waals surface area (Å²) in [6.45, 7) is 0.432. The summed E-state index contributed by atoms with van der Waals surface area (Å²) in [6, 6.07) is 6.09. The number of amides is 2. The lowest BCUT2D eigenvalue weighted by molar-refractivity contribution is -0.123. The number of benzene rings is 2. The third-order valence-electron chi connectivity index (χ3n) is 9.03. The zero-order chi connectivity index (χ0) is 32.1. The van der Waals surface area contributed by atoms with Gasteiger partial charge in [-0.1, -0.05) is 11.6 Å². The van der Waals surface area contributed by atoms with E-state index in [1.807, 2.05) is 0 Å². The maximum atomic E-state index is 16.1. The number of hydrogen-bond acceptors (Lipinski definition) is 6. The number of rotatable bonds is 8. The molecule has 0 bridgehead atoms. The summed E-state index contributed by atoms with van der Waals surface area (Å²) in [5.41, 5.74) is -1.28. The summed E-state index contributed by atoms with van der Waals surface area (Å²) < 4.78 is 66.8. The second-order valence-corrected chi connectivity index (χ2v) is 12.6. The number of nitrogens with two attached hydrogens (primary N) is 1. The number of nitrogens with one attached hydrogen (secondary N) is 1. The van der Waals surface area contributed by atoms with Crippen LogP contribution in [0.3, 0.4) is 0 Å². The van der Waals surface area contributed by atoms with Crippen molar-refractivity contribution in [3.63, 3.8) is 0 Å². The Morgan fingerprint density at radius 3 is 2.60 bits per heavy atom. The zero-order valence-corrected chi connectivity index (χ0v) is 24.5. The number of carbonyl (C=O) groups is 2. The quantitative estimate of drug-likeness (QED) is 0.187. The molecule has 0 saturated heterocycles. The predicted molar refractivity (Wildman–Crippen MR) is 154 cm³/mol. The molecule has 2 atom stereocenters. The molecule has 2 fully saturated rings. The van der Waals surface area contributed by atoms with Crippen LogP contribution in [0.15, 0.2) is 36.5 Å². The zero-order valence-electron chi connectivity index (χ0n) is 23.8. The van der Waals surface area contributed by atoms with Gasteiger partial charge in [-0.2, -0.15) is 5.10 Å². The summed E-state index contributed by atoms with van der Waals surface area (Å²) in [6.07, 6.45) is 3.57. The Morgan fingerprint density at radius 2 is 1.93 bits per heavy atom. The molecule has 234 valence electrons. The molecule has 2 aromatic carbocycles. The molecular weight excluding hydrogens is 618 g/mol. The molecule has 1 unspecified atom stereocenters. The highest BCUT2D eigenvalue weighted by molar-refractivity contribution is 6.35. The summed E-state index contributed by atoms with van der Waals surface area (Å²) in [5.74, 6) is -6.52. The van der Waals surface area contributed by atoms with Crippen molar-refractivity contribution in [2.75, 3.05) is 13.2 Å². The number of carbonyl (C=O) groups excluding carboxylic acids is 2. The molecule has 2 aliphatic carbocycles. The van der Waals surface area contributed by atoms with Gasteiger partial charge in [0.1, 0.15) is 34.7 Å². The first kappa shape index (κ1) is 29.5. The number of aromatic nitrogens is 3. The maximum absolute atomic E-state index is 16.1. The maximum Gasteiger partial charge on any atom is 0.251 e. The highest BCUT2D eigenvalue weighted by Crippen LogP contribution is 2.55. The fourth-order valence-electron chi connectivity index (χ4n) is 5.77. The summed E-state index contributed by atoms with van der Waals surface area (Å²) in [5, 5.41) is 19.9. The molecule has 3 aliphatic rings. The van der Waals surface area contributed by atoms with Crippen LogP contribution in [0.2, 0.25) is 5.02 Å². The molecule has 4 aromatic rings. The van der Waals surface area contributed by atoms with Crippen LogP contribution < -0.4 is 15.8 Å². The first-order valence-electron chi connectivity index (χ1n) is 14.3. The average molecular weight is 644 g/mol. The van der Waals surface area contributed by atoms with Crippen molar-refractivity contribution in [2.24, 2.45) is 5.73 Å². The van der Waals surface area contributed by atoms with E-state index in [9.17, 15) is 23.5 Å². The Kier molecular flexibility index (Phi) is 6.47. The van der Waals surface area contributed by atoms with Crippen molar-refractivity contribution in [3.05, 3.63) is 75.8 Å². The largest absolute Gasteiger partial charge is 0.489 e. The Balaban J connectivity index is 1.30. The van der Waals surface area contributed by atoms with Gasteiger partial charge in [-0.3, -0.25) is 14.3 Å². The Morgan fingerprint density at radius 1 is 1.20 bits per heavy atom. The lowest BCUT2D eigenvalue weighted by atomic mass is 9.80. The number of primary amides is 1.